The van der Waals surface area contributed by atoms with E-state index in [2.05, 4.69) is 34.3 Å². The Kier molecular flexibility index (Phi) is 5.43. The predicted octanol–water partition coefficient (Wildman–Crippen LogP) is 4.29. The molecule has 2 heterocycles. The van der Waals surface area contributed by atoms with Gasteiger partial charge in [0.2, 0.25) is 5.95 Å². The lowest BCUT2D eigenvalue weighted by Gasteiger charge is -2.10. The van der Waals surface area contributed by atoms with Crippen LogP contribution in [0.2, 0.25) is 0 Å². The number of anilines is 2. The van der Waals surface area contributed by atoms with Crippen molar-refractivity contribution in [2.24, 2.45) is 0 Å². The van der Waals surface area contributed by atoms with Crippen molar-refractivity contribution < 1.29 is 0 Å². The van der Waals surface area contributed by atoms with E-state index in [9.17, 15) is 4.79 Å². The maximum atomic E-state index is 12.1. The Morgan fingerprint density at radius 1 is 1.04 bits per heavy atom. The Balaban J connectivity index is 1.86. The van der Waals surface area contributed by atoms with Gasteiger partial charge < -0.3 is 5.32 Å². The van der Waals surface area contributed by atoms with E-state index in [-0.39, 0.29) is 5.56 Å². The minimum absolute atomic E-state index is 0.0284. The zero-order valence-corrected chi connectivity index (χ0v) is 14.8. The zero-order valence-electron chi connectivity index (χ0n) is 14.8. The van der Waals surface area contributed by atoms with Crippen molar-refractivity contribution >= 4 is 22.7 Å². The van der Waals surface area contributed by atoms with Gasteiger partial charge in [-0.2, -0.15) is 4.98 Å². The van der Waals surface area contributed by atoms with Crippen molar-refractivity contribution in [2.75, 3.05) is 5.32 Å². The first-order valence-corrected chi connectivity index (χ1v) is 8.94. The minimum atomic E-state index is -0.0284. The van der Waals surface area contributed by atoms with Gasteiger partial charge in [0, 0.05) is 29.9 Å². The number of nitrogens with one attached hydrogen (secondary N) is 1. The molecule has 0 bridgehead atoms. The quantitative estimate of drug-likeness (QED) is 0.699. The first-order valence-electron chi connectivity index (χ1n) is 8.94. The highest BCUT2D eigenvalue weighted by Gasteiger charge is 2.06. The summed E-state index contributed by atoms with van der Waals surface area (Å²) in [6.45, 7) is 4.90. The number of hydrogen-bond acceptors (Lipinski definition) is 4. The highest BCUT2D eigenvalue weighted by atomic mass is 16.1. The Morgan fingerprint density at radius 2 is 1.84 bits per heavy atom. The van der Waals surface area contributed by atoms with E-state index in [4.69, 9.17) is 0 Å². The third-order valence-electron chi connectivity index (χ3n) is 4.20. The lowest BCUT2D eigenvalue weighted by molar-refractivity contribution is 0.671. The van der Waals surface area contributed by atoms with E-state index in [1.165, 1.54) is 18.4 Å². The molecule has 5 nitrogen and oxygen atoms in total. The number of hydrogen-bond donors (Lipinski definition) is 1. The van der Waals surface area contributed by atoms with Crippen molar-refractivity contribution in [1.82, 2.24) is 14.5 Å². The van der Waals surface area contributed by atoms with Crippen LogP contribution >= 0.6 is 0 Å². The van der Waals surface area contributed by atoms with Crippen LogP contribution in [0.15, 0.2) is 47.4 Å². The van der Waals surface area contributed by atoms with E-state index in [1.54, 1.807) is 22.9 Å². The molecule has 0 fully saturated rings. The monoisotopic (exact) mass is 336 g/mol. The summed E-state index contributed by atoms with van der Waals surface area (Å²) in [6.07, 6.45) is 6.14. The number of unbranched alkanes of at least 4 members (excludes halogenated alkanes) is 1. The highest BCUT2D eigenvalue weighted by molar-refractivity contribution is 5.75. The molecular weight excluding hydrogens is 312 g/mol. The topological polar surface area (TPSA) is 59.8 Å². The molecule has 0 saturated carbocycles. The second-order valence-corrected chi connectivity index (χ2v) is 6.22. The molecule has 0 atom stereocenters. The van der Waals surface area contributed by atoms with Crippen LogP contribution in [-0.2, 0) is 13.0 Å². The number of fused-ring (bicyclic) bond motifs is 1. The summed E-state index contributed by atoms with van der Waals surface area (Å²) in [4.78, 5) is 21.0. The first-order chi connectivity index (χ1) is 12.2. The van der Waals surface area contributed by atoms with Crippen molar-refractivity contribution in [3.8, 4) is 0 Å². The molecule has 0 aliphatic heterocycles. The lowest BCUT2D eigenvalue weighted by Crippen LogP contribution is -2.20. The molecule has 1 aromatic carbocycles. The fourth-order valence-electron chi connectivity index (χ4n) is 2.84. The van der Waals surface area contributed by atoms with Crippen molar-refractivity contribution in [3.05, 3.63) is 58.5 Å². The molecule has 0 aliphatic rings. The van der Waals surface area contributed by atoms with Crippen LogP contribution in [0.4, 0.5) is 11.6 Å². The van der Waals surface area contributed by atoms with Gasteiger partial charge in [-0.1, -0.05) is 32.4 Å². The van der Waals surface area contributed by atoms with Gasteiger partial charge in [-0.15, -0.1) is 0 Å². The SMILES string of the molecule is CCCCc1ccc(Nc2ncc3ccc(=O)n(CCC)c3n2)cc1. The third kappa shape index (κ3) is 4.05. The summed E-state index contributed by atoms with van der Waals surface area (Å²) in [5.41, 5.74) is 2.93. The maximum Gasteiger partial charge on any atom is 0.252 e. The summed E-state index contributed by atoms with van der Waals surface area (Å²) in [5, 5.41) is 4.10. The first kappa shape index (κ1) is 17.1. The number of benzene rings is 1. The largest absolute Gasteiger partial charge is 0.324 e. The van der Waals surface area contributed by atoms with Crippen LogP contribution in [0.3, 0.4) is 0 Å². The molecular formula is C20H24N4O. The van der Waals surface area contributed by atoms with Gasteiger partial charge in [0.1, 0.15) is 5.65 Å². The van der Waals surface area contributed by atoms with Gasteiger partial charge in [0.25, 0.3) is 5.56 Å². The zero-order chi connectivity index (χ0) is 17.6. The van der Waals surface area contributed by atoms with E-state index in [0.717, 1.165) is 23.9 Å². The van der Waals surface area contributed by atoms with Gasteiger partial charge in [0.05, 0.1) is 0 Å². The summed E-state index contributed by atoms with van der Waals surface area (Å²) >= 11 is 0. The van der Waals surface area contributed by atoms with Crippen LogP contribution in [0.1, 0.15) is 38.7 Å². The molecule has 130 valence electrons. The highest BCUT2D eigenvalue weighted by Crippen LogP contribution is 2.17. The molecule has 1 N–H and O–H groups in total. The smallest absolute Gasteiger partial charge is 0.252 e. The second-order valence-electron chi connectivity index (χ2n) is 6.22. The minimum Gasteiger partial charge on any atom is -0.324 e. The maximum absolute atomic E-state index is 12.1. The average Bonchev–Trinajstić information content (AvgIpc) is 2.64. The van der Waals surface area contributed by atoms with Crippen molar-refractivity contribution in [1.29, 1.82) is 0 Å². The van der Waals surface area contributed by atoms with E-state index >= 15 is 0 Å². The number of pyridine rings is 1. The van der Waals surface area contributed by atoms with Gasteiger partial charge in [0.15, 0.2) is 0 Å². The predicted molar refractivity (Wildman–Crippen MR) is 102 cm³/mol. The van der Waals surface area contributed by atoms with Crippen LogP contribution < -0.4 is 10.9 Å². The summed E-state index contributed by atoms with van der Waals surface area (Å²) in [7, 11) is 0. The molecule has 0 saturated heterocycles. The summed E-state index contributed by atoms with van der Waals surface area (Å²) in [5.74, 6) is 0.504. The van der Waals surface area contributed by atoms with Gasteiger partial charge in [-0.3, -0.25) is 9.36 Å². The molecule has 3 aromatic rings. The van der Waals surface area contributed by atoms with Crippen LogP contribution in [-0.4, -0.2) is 14.5 Å². The molecule has 0 aliphatic carbocycles. The third-order valence-corrected chi connectivity index (χ3v) is 4.20. The average molecular weight is 336 g/mol. The Hall–Kier alpha value is -2.69. The number of aryl methyl sites for hydroxylation is 2. The molecule has 0 unspecified atom stereocenters. The Bertz CT molecular complexity index is 900. The lowest BCUT2D eigenvalue weighted by atomic mass is 10.1. The van der Waals surface area contributed by atoms with Crippen LogP contribution in [0, 0.1) is 0 Å². The van der Waals surface area contributed by atoms with Gasteiger partial charge in [-0.25, -0.2) is 4.98 Å². The molecule has 0 spiro atoms. The molecule has 5 heteroatoms. The van der Waals surface area contributed by atoms with Crippen molar-refractivity contribution in [2.45, 2.75) is 46.1 Å². The van der Waals surface area contributed by atoms with Gasteiger partial charge >= 0.3 is 0 Å². The van der Waals surface area contributed by atoms with E-state index < -0.39 is 0 Å². The number of nitrogens with zero attached hydrogens (tertiary/aromatic N) is 3. The molecule has 2 aromatic heterocycles. The molecule has 0 radical (unpaired) electrons. The summed E-state index contributed by atoms with van der Waals surface area (Å²) in [6, 6.07) is 11.7. The fraction of sp³-hybridized carbons (Fsp3) is 0.350. The van der Waals surface area contributed by atoms with E-state index in [0.29, 0.717) is 18.1 Å². The Morgan fingerprint density at radius 3 is 2.56 bits per heavy atom. The van der Waals surface area contributed by atoms with Crippen LogP contribution in [0.5, 0.6) is 0 Å². The molecule has 25 heavy (non-hydrogen) atoms. The van der Waals surface area contributed by atoms with E-state index in [1.807, 2.05) is 19.1 Å². The van der Waals surface area contributed by atoms with Gasteiger partial charge in [-0.05, 0) is 43.0 Å². The Labute approximate surface area is 147 Å². The second kappa shape index (κ2) is 7.92. The number of aromatic nitrogens is 3. The molecule has 0 amide bonds. The standard InChI is InChI=1S/C20H24N4O/c1-3-5-6-15-7-10-17(11-8-15)22-20-21-14-16-9-12-18(25)24(13-4-2)19(16)23-20/h7-12,14H,3-6,13H2,1-2H3,(H,21,22,23). The molecule has 3 rings (SSSR count). The van der Waals surface area contributed by atoms with Crippen LogP contribution in [0.25, 0.3) is 11.0 Å². The summed E-state index contributed by atoms with van der Waals surface area (Å²) < 4.78 is 1.70. The number of rotatable bonds is 7. The van der Waals surface area contributed by atoms with Crippen molar-refractivity contribution in [3.63, 3.8) is 0 Å². The normalized spacial score (nSPS) is 11.0. The fourth-order valence-corrected chi connectivity index (χ4v) is 2.84.